The molecule has 0 aliphatic carbocycles. The average molecular weight is 200 g/mol. The summed E-state index contributed by atoms with van der Waals surface area (Å²) in [5.74, 6) is 0.485. The van der Waals surface area contributed by atoms with Gasteiger partial charge in [0.2, 0.25) is 5.91 Å². The van der Waals surface area contributed by atoms with E-state index in [2.05, 4.69) is 22.4 Å². The van der Waals surface area contributed by atoms with Crippen molar-refractivity contribution in [3.05, 3.63) is 36.0 Å². The van der Waals surface area contributed by atoms with Crippen molar-refractivity contribution in [2.45, 2.75) is 12.3 Å². The molecule has 3 heteroatoms. The highest BCUT2D eigenvalue weighted by molar-refractivity contribution is 5.86. The molecule has 1 aromatic heterocycles. The molecule has 0 bridgehead atoms. The SMILES string of the molecule is O=C1CC(c2c[nH]c3ccccc23)CN1. The van der Waals surface area contributed by atoms with Crippen molar-refractivity contribution in [3.63, 3.8) is 0 Å². The third kappa shape index (κ3) is 1.31. The van der Waals surface area contributed by atoms with Crippen molar-refractivity contribution >= 4 is 16.8 Å². The lowest BCUT2D eigenvalue weighted by Crippen LogP contribution is -2.13. The zero-order valence-electron chi connectivity index (χ0n) is 8.29. The van der Waals surface area contributed by atoms with Crippen LogP contribution in [0.25, 0.3) is 10.9 Å². The van der Waals surface area contributed by atoms with Gasteiger partial charge >= 0.3 is 0 Å². The van der Waals surface area contributed by atoms with Crippen molar-refractivity contribution in [2.75, 3.05) is 6.54 Å². The number of carbonyl (C=O) groups excluding carboxylic acids is 1. The molecule has 3 nitrogen and oxygen atoms in total. The fourth-order valence-electron chi connectivity index (χ4n) is 2.26. The number of hydrogen-bond acceptors (Lipinski definition) is 1. The first-order chi connectivity index (χ1) is 7.34. The molecule has 1 aliphatic heterocycles. The van der Waals surface area contributed by atoms with Crippen LogP contribution in [-0.4, -0.2) is 17.4 Å². The number of benzene rings is 1. The van der Waals surface area contributed by atoms with Gasteiger partial charge in [0, 0.05) is 36.0 Å². The molecule has 0 radical (unpaired) electrons. The highest BCUT2D eigenvalue weighted by Gasteiger charge is 2.24. The second kappa shape index (κ2) is 3.12. The van der Waals surface area contributed by atoms with Gasteiger partial charge < -0.3 is 10.3 Å². The van der Waals surface area contributed by atoms with E-state index in [4.69, 9.17) is 0 Å². The number of aromatic amines is 1. The zero-order chi connectivity index (χ0) is 10.3. The van der Waals surface area contributed by atoms with E-state index >= 15 is 0 Å². The van der Waals surface area contributed by atoms with E-state index in [1.54, 1.807) is 0 Å². The summed E-state index contributed by atoms with van der Waals surface area (Å²) in [4.78, 5) is 14.4. The second-order valence-corrected chi connectivity index (χ2v) is 3.99. The maximum Gasteiger partial charge on any atom is 0.220 e. The molecule has 1 atom stereocenters. The highest BCUT2D eigenvalue weighted by Crippen LogP contribution is 2.29. The van der Waals surface area contributed by atoms with Crippen LogP contribution in [0.2, 0.25) is 0 Å². The van der Waals surface area contributed by atoms with E-state index in [-0.39, 0.29) is 5.91 Å². The Balaban J connectivity index is 2.07. The summed E-state index contributed by atoms with van der Waals surface area (Å²) in [7, 11) is 0. The van der Waals surface area contributed by atoms with E-state index in [0.29, 0.717) is 12.3 Å². The van der Waals surface area contributed by atoms with Gasteiger partial charge in [0.05, 0.1) is 0 Å². The third-order valence-electron chi connectivity index (χ3n) is 3.04. The fourth-order valence-corrected chi connectivity index (χ4v) is 2.26. The average Bonchev–Trinajstić information content (AvgIpc) is 2.83. The van der Waals surface area contributed by atoms with Gasteiger partial charge in [-0.15, -0.1) is 0 Å². The summed E-state index contributed by atoms with van der Waals surface area (Å²) in [5.41, 5.74) is 2.40. The monoisotopic (exact) mass is 200 g/mol. The summed E-state index contributed by atoms with van der Waals surface area (Å²) >= 11 is 0. The van der Waals surface area contributed by atoms with Crippen molar-refractivity contribution in [1.29, 1.82) is 0 Å². The Morgan fingerprint density at radius 2 is 2.13 bits per heavy atom. The van der Waals surface area contributed by atoms with Gasteiger partial charge in [-0.3, -0.25) is 4.79 Å². The fraction of sp³-hybridized carbons (Fsp3) is 0.250. The second-order valence-electron chi connectivity index (χ2n) is 3.99. The maximum atomic E-state index is 11.2. The molecule has 0 spiro atoms. The number of para-hydroxylation sites is 1. The van der Waals surface area contributed by atoms with Gasteiger partial charge in [-0.1, -0.05) is 18.2 Å². The predicted octanol–water partition coefficient (Wildman–Crippen LogP) is 1.77. The van der Waals surface area contributed by atoms with Gasteiger partial charge in [0.15, 0.2) is 0 Å². The normalized spacial score (nSPS) is 20.8. The van der Waals surface area contributed by atoms with Crippen LogP contribution in [0.15, 0.2) is 30.5 Å². The Morgan fingerprint density at radius 3 is 2.93 bits per heavy atom. The highest BCUT2D eigenvalue weighted by atomic mass is 16.1. The first-order valence-corrected chi connectivity index (χ1v) is 5.17. The van der Waals surface area contributed by atoms with E-state index in [0.717, 1.165) is 12.1 Å². The Bertz CT molecular complexity index is 515. The van der Waals surface area contributed by atoms with Crippen LogP contribution in [0, 0.1) is 0 Å². The molecular weight excluding hydrogens is 188 g/mol. The lowest BCUT2D eigenvalue weighted by atomic mass is 9.98. The van der Waals surface area contributed by atoms with Crippen molar-refractivity contribution in [1.82, 2.24) is 10.3 Å². The Kier molecular flexibility index (Phi) is 1.78. The minimum absolute atomic E-state index is 0.158. The molecule has 2 aromatic rings. The maximum absolute atomic E-state index is 11.2. The van der Waals surface area contributed by atoms with Gasteiger partial charge in [0.25, 0.3) is 0 Å². The van der Waals surface area contributed by atoms with Crippen LogP contribution in [0.3, 0.4) is 0 Å². The number of fused-ring (bicyclic) bond motifs is 1. The first kappa shape index (κ1) is 8.53. The van der Waals surface area contributed by atoms with Crippen molar-refractivity contribution < 1.29 is 4.79 Å². The Labute approximate surface area is 87.5 Å². The van der Waals surface area contributed by atoms with Gasteiger partial charge in [-0.05, 0) is 11.6 Å². The number of aromatic nitrogens is 1. The zero-order valence-corrected chi connectivity index (χ0v) is 8.29. The van der Waals surface area contributed by atoms with Gasteiger partial charge in [0.1, 0.15) is 0 Å². The third-order valence-corrected chi connectivity index (χ3v) is 3.04. The molecule has 1 fully saturated rings. The predicted molar refractivity (Wildman–Crippen MR) is 58.7 cm³/mol. The summed E-state index contributed by atoms with van der Waals surface area (Å²) < 4.78 is 0. The first-order valence-electron chi connectivity index (χ1n) is 5.17. The molecular formula is C12H12N2O. The van der Waals surface area contributed by atoms with Crippen molar-refractivity contribution in [2.24, 2.45) is 0 Å². The van der Waals surface area contributed by atoms with Gasteiger partial charge in [-0.2, -0.15) is 0 Å². The van der Waals surface area contributed by atoms with E-state index in [1.807, 2.05) is 18.3 Å². The number of amides is 1. The molecule has 1 aromatic carbocycles. The lowest BCUT2D eigenvalue weighted by molar-refractivity contribution is -0.119. The lowest BCUT2D eigenvalue weighted by Gasteiger charge is -2.04. The number of rotatable bonds is 1. The molecule has 1 amide bonds. The van der Waals surface area contributed by atoms with Crippen LogP contribution in [0.1, 0.15) is 17.9 Å². The quantitative estimate of drug-likeness (QED) is 0.724. The van der Waals surface area contributed by atoms with E-state index in [9.17, 15) is 4.79 Å². The Hall–Kier alpha value is -1.77. The molecule has 1 saturated heterocycles. The van der Waals surface area contributed by atoms with Crippen molar-refractivity contribution in [3.8, 4) is 0 Å². The minimum Gasteiger partial charge on any atom is -0.361 e. The molecule has 1 aliphatic rings. The number of hydrogen-bond donors (Lipinski definition) is 2. The number of H-pyrrole nitrogens is 1. The van der Waals surface area contributed by atoms with Gasteiger partial charge in [-0.25, -0.2) is 0 Å². The summed E-state index contributed by atoms with van der Waals surface area (Å²) in [6, 6.07) is 8.21. The summed E-state index contributed by atoms with van der Waals surface area (Å²) in [5, 5.41) is 4.10. The van der Waals surface area contributed by atoms with Crippen LogP contribution in [0.4, 0.5) is 0 Å². The molecule has 3 rings (SSSR count). The van der Waals surface area contributed by atoms with E-state index < -0.39 is 0 Å². The molecule has 0 saturated carbocycles. The molecule has 76 valence electrons. The molecule has 2 N–H and O–H groups in total. The van der Waals surface area contributed by atoms with Crippen LogP contribution in [0.5, 0.6) is 0 Å². The van der Waals surface area contributed by atoms with E-state index in [1.165, 1.54) is 10.9 Å². The topological polar surface area (TPSA) is 44.9 Å². The van der Waals surface area contributed by atoms with Crippen LogP contribution >= 0.6 is 0 Å². The minimum atomic E-state index is 0.158. The molecule has 15 heavy (non-hydrogen) atoms. The smallest absolute Gasteiger partial charge is 0.220 e. The summed E-state index contributed by atoms with van der Waals surface area (Å²) in [6.45, 7) is 0.765. The summed E-state index contributed by atoms with van der Waals surface area (Å²) in [6.07, 6.45) is 2.64. The van der Waals surface area contributed by atoms with Crippen LogP contribution < -0.4 is 5.32 Å². The standard InChI is InChI=1S/C12H12N2O/c15-12-5-8(6-14-12)10-7-13-11-4-2-1-3-9(10)11/h1-4,7-8,13H,5-6H2,(H,14,15). The Morgan fingerprint density at radius 1 is 1.27 bits per heavy atom. The number of nitrogens with one attached hydrogen (secondary N) is 2. The van der Waals surface area contributed by atoms with Crippen LogP contribution in [-0.2, 0) is 4.79 Å². The molecule has 1 unspecified atom stereocenters. The molecule has 2 heterocycles. The largest absolute Gasteiger partial charge is 0.361 e. The number of carbonyl (C=O) groups is 1.